The van der Waals surface area contributed by atoms with Crippen molar-refractivity contribution in [3.05, 3.63) is 17.5 Å². The molecule has 0 aliphatic carbocycles. The minimum absolute atomic E-state index is 0.170. The van der Waals surface area contributed by atoms with Gasteiger partial charge in [0.25, 0.3) is 5.91 Å². The van der Waals surface area contributed by atoms with Crippen LogP contribution in [0.25, 0.3) is 0 Å². The molecule has 0 saturated carbocycles. The summed E-state index contributed by atoms with van der Waals surface area (Å²) in [5.41, 5.74) is 0.643. The molecule has 18 heavy (non-hydrogen) atoms. The van der Waals surface area contributed by atoms with E-state index >= 15 is 0 Å². The predicted molar refractivity (Wildman–Crippen MR) is 63.0 cm³/mol. The number of aromatic nitrogens is 1. The van der Waals surface area contributed by atoms with Crippen molar-refractivity contribution in [1.29, 1.82) is 0 Å². The van der Waals surface area contributed by atoms with Crippen LogP contribution in [-0.2, 0) is 4.79 Å². The molecule has 1 saturated heterocycles. The second kappa shape index (κ2) is 5.18. The van der Waals surface area contributed by atoms with E-state index in [1.807, 2.05) is 0 Å². The molecule has 2 heterocycles. The average molecular weight is 252 g/mol. The summed E-state index contributed by atoms with van der Waals surface area (Å²) in [7, 11) is 1.55. The van der Waals surface area contributed by atoms with Crippen LogP contribution in [0.3, 0.4) is 0 Å². The van der Waals surface area contributed by atoms with Gasteiger partial charge < -0.3 is 20.1 Å². The van der Waals surface area contributed by atoms with Crippen molar-refractivity contribution < 1.29 is 14.1 Å². The lowest BCUT2D eigenvalue weighted by molar-refractivity contribution is -0.125. The molecular formula is C11H16N4O3. The number of carbonyl (C=O) groups excluding carboxylic acids is 2. The molecule has 2 N–H and O–H groups in total. The quantitative estimate of drug-likeness (QED) is 0.715. The van der Waals surface area contributed by atoms with Crippen LogP contribution in [0.2, 0.25) is 0 Å². The summed E-state index contributed by atoms with van der Waals surface area (Å²) in [5.74, 6) is -0.319. The molecule has 7 nitrogen and oxygen atoms in total. The molecule has 0 bridgehead atoms. The molecule has 1 atom stereocenters. The van der Waals surface area contributed by atoms with E-state index in [2.05, 4.69) is 15.8 Å². The number of piperazine rings is 1. The second-order valence-electron chi connectivity index (χ2n) is 4.17. The Morgan fingerprint density at radius 2 is 2.39 bits per heavy atom. The Bertz CT molecular complexity index is 457. The number of carbonyl (C=O) groups is 2. The van der Waals surface area contributed by atoms with Gasteiger partial charge in [-0.3, -0.25) is 9.59 Å². The van der Waals surface area contributed by atoms with E-state index in [4.69, 9.17) is 4.52 Å². The Balaban J connectivity index is 2.18. The molecule has 1 aliphatic heterocycles. The SMILES string of the molecule is CNC(=O)C1CNCCN1C(=O)c1cc(C)no1. The number of hydrogen-bond acceptors (Lipinski definition) is 5. The highest BCUT2D eigenvalue weighted by Gasteiger charge is 2.33. The fourth-order valence-electron chi connectivity index (χ4n) is 1.95. The Hall–Kier alpha value is -1.89. The van der Waals surface area contributed by atoms with E-state index in [0.29, 0.717) is 25.3 Å². The summed E-state index contributed by atoms with van der Waals surface area (Å²) in [6.45, 7) is 3.32. The minimum atomic E-state index is -0.512. The van der Waals surface area contributed by atoms with E-state index in [-0.39, 0.29) is 17.6 Å². The Morgan fingerprint density at radius 3 is 3.00 bits per heavy atom. The van der Waals surface area contributed by atoms with Crippen molar-refractivity contribution in [3.8, 4) is 0 Å². The fraction of sp³-hybridized carbons (Fsp3) is 0.545. The number of nitrogens with zero attached hydrogens (tertiary/aromatic N) is 2. The van der Waals surface area contributed by atoms with Gasteiger partial charge in [0, 0.05) is 32.7 Å². The number of hydrogen-bond donors (Lipinski definition) is 2. The zero-order valence-corrected chi connectivity index (χ0v) is 10.4. The van der Waals surface area contributed by atoms with E-state index in [1.165, 1.54) is 4.90 Å². The average Bonchev–Trinajstić information content (AvgIpc) is 2.83. The van der Waals surface area contributed by atoms with Crippen LogP contribution in [0, 0.1) is 6.92 Å². The van der Waals surface area contributed by atoms with Gasteiger partial charge in [0.1, 0.15) is 6.04 Å². The van der Waals surface area contributed by atoms with Crippen molar-refractivity contribution in [3.63, 3.8) is 0 Å². The maximum Gasteiger partial charge on any atom is 0.293 e. The van der Waals surface area contributed by atoms with Crippen molar-refractivity contribution in [2.75, 3.05) is 26.7 Å². The summed E-state index contributed by atoms with van der Waals surface area (Å²) >= 11 is 0. The van der Waals surface area contributed by atoms with Crippen LogP contribution in [0.5, 0.6) is 0 Å². The van der Waals surface area contributed by atoms with Gasteiger partial charge >= 0.3 is 0 Å². The van der Waals surface area contributed by atoms with Crippen LogP contribution in [-0.4, -0.2) is 54.6 Å². The first-order valence-corrected chi connectivity index (χ1v) is 5.80. The van der Waals surface area contributed by atoms with Gasteiger partial charge in [-0.2, -0.15) is 0 Å². The van der Waals surface area contributed by atoms with Crippen LogP contribution >= 0.6 is 0 Å². The lowest BCUT2D eigenvalue weighted by atomic mass is 10.1. The first-order valence-electron chi connectivity index (χ1n) is 5.80. The number of rotatable bonds is 2. The molecule has 1 aliphatic rings. The van der Waals surface area contributed by atoms with E-state index in [9.17, 15) is 9.59 Å². The highest BCUT2D eigenvalue weighted by atomic mass is 16.5. The fourth-order valence-corrected chi connectivity index (χ4v) is 1.95. The first-order chi connectivity index (χ1) is 8.63. The monoisotopic (exact) mass is 252 g/mol. The largest absolute Gasteiger partial charge is 0.357 e. The Morgan fingerprint density at radius 1 is 1.61 bits per heavy atom. The Kier molecular flexibility index (Phi) is 3.61. The molecule has 1 unspecified atom stereocenters. The number of amides is 2. The molecule has 2 amide bonds. The molecule has 1 aromatic rings. The van der Waals surface area contributed by atoms with E-state index < -0.39 is 6.04 Å². The normalized spacial score (nSPS) is 19.7. The Labute approximate surface area is 104 Å². The zero-order valence-electron chi connectivity index (χ0n) is 10.4. The zero-order chi connectivity index (χ0) is 13.1. The molecule has 1 aromatic heterocycles. The van der Waals surface area contributed by atoms with Gasteiger partial charge in [0.05, 0.1) is 5.69 Å². The van der Waals surface area contributed by atoms with Gasteiger partial charge in [-0.25, -0.2) is 0 Å². The molecular weight excluding hydrogens is 236 g/mol. The molecule has 0 spiro atoms. The lowest BCUT2D eigenvalue weighted by Gasteiger charge is -2.34. The third-order valence-electron chi connectivity index (χ3n) is 2.89. The van der Waals surface area contributed by atoms with Crippen LogP contribution < -0.4 is 10.6 Å². The topological polar surface area (TPSA) is 87.5 Å². The van der Waals surface area contributed by atoms with E-state index in [1.54, 1.807) is 20.0 Å². The van der Waals surface area contributed by atoms with Gasteiger partial charge in [0.15, 0.2) is 0 Å². The second-order valence-corrected chi connectivity index (χ2v) is 4.17. The third-order valence-corrected chi connectivity index (χ3v) is 2.89. The van der Waals surface area contributed by atoms with Gasteiger partial charge in [-0.05, 0) is 6.92 Å². The van der Waals surface area contributed by atoms with Crippen molar-refractivity contribution in [2.24, 2.45) is 0 Å². The molecule has 7 heteroatoms. The van der Waals surface area contributed by atoms with E-state index in [0.717, 1.165) is 0 Å². The van der Waals surface area contributed by atoms with Crippen molar-refractivity contribution in [1.82, 2.24) is 20.7 Å². The summed E-state index contributed by atoms with van der Waals surface area (Å²) < 4.78 is 4.95. The third kappa shape index (κ3) is 2.35. The number of nitrogens with one attached hydrogen (secondary N) is 2. The smallest absolute Gasteiger partial charge is 0.293 e. The van der Waals surface area contributed by atoms with Crippen LogP contribution in [0.4, 0.5) is 0 Å². The summed E-state index contributed by atoms with van der Waals surface area (Å²) in [4.78, 5) is 25.5. The first kappa shape index (κ1) is 12.6. The summed E-state index contributed by atoms with van der Waals surface area (Å²) in [6, 6.07) is 1.06. The summed E-state index contributed by atoms with van der Waals surface area (Å²) in [6.07, 6.45) is 0. The van der Waals surface area contributed by atoms with Crippen molar-refractivity contribution in [2.45, 2.75) is 13.0 Å². The highest BCUT2D eigenvalue weighted by molar-refractivity contribution is 5.95. The number of likely N-dealkylation sites (N-methyl/N-ethyl adjacent to an activating group) is 1. The molecule has 98 valence electrons. The molecule has 0 aromatic carbocycles. The number of aryl methyl sites for hydroxylation is 1. The maximum atomic E-state index is 12.2. The standard InChI is InChI=1S/C11H16N4O3/c1-7-5-9(18-14-7)11(17)15-4-3-13-6-8(15)10(16)12-2/h5,8,13H,3-4,6H2,1-2H3,(H,12,16). The van der Waals surface area contributed by atoms with Gasteiger partial charge in [-0.1, -0.05) is 5.16 Å². The van der Waals surface area contributed by atoms with Gasteiger partial charge in [0.2, 0.25) is 11.7 Å². The molecule has 2 rings (SSSR count). The minimum Gasteiger partial charge on any atom is -0.357 e. The van der Waals surface area contributed by atoms with Crippen LogP contribution in [0.1, 0.15) is 16.2 Å². The molecule has 0 radical (unpaired) electrons. The summed E-state index contributed by atoms with van der Waals surface area (Å²) in [5, 5.41) is 9.33. The van der Waals surface area contributed by atoms with Gasteiger partial charge in [-0.15, -0.1) is 0 Å². The predicted octanol–water partition coefficient (Wildman–Crippen LogP) is -0.857. The maximum absolute atomic E-state index is 12.2. The highest BCUT2D eigenvalue weighted by Crippen LogP contribution is 2.11. The van der Waals surface area contributed by atoms with Crippen molar-refractivity contribution >= 4 is 11.8 Å². The van der Waals surface area contributed by atoms with Crippen LogP contribution in [0.15, 0.2) is 10.6 Å². The molecule has 1 fully saturated rings. The lowest BCUT2D eigenvalue weighted by Crippen LogP contribution is -2.59.